The summed E-state index contributed by atoms with van der Waals surface area (Å²) in [7, 11) is 0. The summed E-state index contributed by atoms with van der Waals surface area (Å²) in [6.45, 7) is 6.61. The van der Waals surface area contributed by atoms with Gasteiger partial charge in [-0.25, -0.2) is 4.98 Å². The zero-order chi connectivity index (χ0) is 19.2. The molecule has 1 aromatic heterocycles. The number of thiazole rings is 1. The van der Waals surface area contributed by atoms with Crippen molar-refractivity contribution < 1.29 is 14.3 Å². The molecule has 0 atom stereocenters. The van der Waals surface area contributed by atoms with Crippen LogP contribution in [0.1, 0.15) is 33.2 Å². The topological polar surface area (TPSA) is 62.7 Å². The van der Waals surface area contributed by atoms with E-state index in [1.165, 1.54) is 11.3 Å². The van der Waals surface area contributed by atoms with E-state index in [1.54, 1.807) is 0 Å². The number of benzene rings is 1. The third-order valence-corrected chi connectivity index (χ3v) is 5.63. The lowest BCUT2D eigenvalue weighted by atomic mass is 10.2. The minimum absolute atomic E-state index is 0.0291. The highest BCUT2D eigenvalue weighted by molar-refractivity contribution is 7.13. The molecule has 0 unspecified atom stereocenters. The van der Waals surface area contributed by atoms with Crippen LogP contribution in [0.15, 0.2) is 30.3 Å². The third kappa shape index (κ3) is 5.07. The quantitative estimate of drug-likeness (QED) is 0.715. The summed E-state index contributed by atoms with van der Waals surface area (Å²) in [6.07, 6.45) is 1.15. The minimum atomic E-state index is 0.0291. The van der Waals surface area contributed by atoms with Crippen molar-refractivity contribution in [3.05, 3.63) is 45.9 Å². The molecule has 0 radical (unpaired) electrons. The van der Waals surface area contributed by atoms with Crippen LogP contribution in [0.25, 0.3) is 0 Å². The molecule has 7 heteroatoms. The summed E-state index contributed by atoms with van der Waals surface area (Å²) in [6, 6.07) is 9.61. The van der Waals surface area contributed by atoms with Crippen molar-refractivity contribution in [1.82, 2.24) is 14.8 Å². The highest BCUT2D eigenvalue weighted by atomic mass is 32.1. The van der Waals surface area contributed by atoms with E-state index in [0.29, 0.717) is 50.5 Å². The number of ether oxygens (including phenoxy) is 1. The Morgan fingerprint density at radius 2 is 1.74 bits per heavy atom. The summed E-state index contributed by atoms with van der Waals surface area (Å²) in [5.74, 6) is 0.982. The summed E-state index contributed by atoms with van der Waals surface area (Å²) >= 11 is 1.44. The maximum Gasteiger partial charge on any atom is 0.265 e. The van der Waals surface area contributed by atoms with Crippen LogP contribution in [0.2, 0.25) is 0 Å². The fraction of sp³-hybridized carbons (Fsp3) is 0.450. The number of nitrogens with zero attached hydrogens (tertiary/aromatic N) is 3. The fourth-order valence-corrected chi connectivity index (χ4v) is 4.01. The maximum absolute atomic E-state index is 12.6. The molecule has 144 valence electrons. The molecule has 0 spiro atoms. The molecule has 3 rings (SSSR count). The first-order chi connectivity index (χ1) is 13.0. The average Bonchev–Trinajstić information content (AvgIpc) is 3.03. The molecule has 0 N–H and O–H groups in total. The van der Waals surface area contributed by atoms with Gasteiger partial charge in [-0.05, 0) is 32.4 Å². The lowest BCUT2D eigenvalue weighted by molar-refractivity contribution is -0.132. The van der Waals surface area contributed by atoms with E-state index in [9.17, 15) is 9.59 Å². The number of aromatic nitrogens is 1. The van der Waals surface area contributed by atoms with E-state index in [0.717, 1.165) is 16.5 Å². The van der Waals surface area contributed by atoms with E-state index in [1.807, 2.05) is 54.0 Å². The van der Waals surface area contributed by atoms with Crippen LogP contribution >= 0.6 is 11.3 Å². The van der Waals surface area contributed by atoms with Gasteiger partial charge in [0.2, 0.25) is 5.91 Å². The number of piperazine rings is 1. The highest BCUT2D eigenvalue weighted by Gasteiger charge is 2.26. The van der Waals surface area contributed by atoms with Crippen LogP contribution < -0.4 is 4.74 Å². The first kappa shape index (κ1) is 19.4. The zero-order valence-electron chi connectivity index (χ0n) is 15.8. The van der Waals surface area contributed by atoms with Crippen molar-refractivity contribution in [2.24, 2.45) is 0 Å². The molecule has 1 aliphatic heterocycles. The number of carbonyl (C=O) groups is 2. The van der Waals surface area contributed by atoms with Crippen molar-refractivity contribution in [2.45, 2.75) is 26.7 Å². The standard InChI is InChI=1S/C20H25N3O3S/c1-15-19(27-16(2)21-15)20(25)23-12-10-22(11-13-23)18(24)9-6-14-26-17-7-4-3-5-8-17/h3-5,7-8H,6,9-14H2,1-2H3. The monoisotopic (exact) mass is 387 g/mol. The second-order valence-electron chi connectivity index (χ2n) is 6.59. The Kier molecular flexibility index (Phi) is 6.45. The maximum atomic E-state index is 12.6. The largest absolute Gasteiger partial charge is 0.494 e. The van der Waals surface area contributed by atoms with Crippen molar-refractivity contribution in [3.8, 4) is 5.75 Å². The molecule has 27 heavy (non-hydrogen) atoms. The first-order valence-corrected chi connectivity index (χ1v) is 10.0. The molecular weight excluding hydrogens is 362 g/mol. The number of amides is 2. The molecule has 1 fully saturated rings. The van der Waals surface area contributed by atoms with Gasteiger partial charge < -0.3 is 14.5 Å². The van der Waals surface area contributed by atoms with Crippen LogP contribution in [-0.2, 0) is 4.79 Å². The van der Waals surface area contributed by atoms with Gasteiger partial charge in [0.25, 0.3) is 5.91 Å². The van der Waals surface area contributed by atoms with Crippen LogP contribution in [0.4, 0.5) is 0 Å². The van der Waals surface area contributed by atoms with Crippen LogP contribution in [0.3, 0.4) is 0 Å². The Labute approximate surface area is 163 Å². The SMILES string of the molecule is Cc1nc(C)c(C(=O)N2CCN(C(=O)CCCOc3ccccc3)CC2)s1. The van der Waals surface area contributed by atoms with Gasteiger partial charge in [-0.1, -0.05) is 18.2 Å². The summed E-state index contributed by atoms with van der Waals surface area (Å²) in [5.41, 5.74) is 0.791. The summed E-state index contributed by atoms with van der Waals surface area (Å²) in [5, 5.41) is 0.905. The molecule has 1 saturated heterocycles. The van der Waals surface area contributed by atoms with Crippen LogP contribution in [0, 0.1) is 13.8 Å². The molecule has 0 saturated carbocycles. The summed E-state index contributed by atoms with van der Waals surface area (Å²) in [4.78, 5) is 33.7. The van der Waals surface area contributed by atoms with Crippen molar-refractivity contribution in [2.75, 3.05) is 32.8 Å². The van der Waals surface area contributed by atoms with Gasteiger partial charge in [0.1, 0.15) is 10.6 Å². The van der Waals surface area contributed by atoms with E-state index in [2.05, 4.69) is 4.98 Å². The average molecular weight is 388 g/mol. The predicted molar refractivity (Wildman–Crippen MR) is 105 cm³/mol. The van der Waals surface area contributed by atoms with E-state index in [-0.39, 0.29) is 11.8 Å². The molecule has 1 aliphatic rings. The van der Waals surface area contributed by atoms with Gasteiger partial charge in [-0.15, -0.1) is 11.3 Å². The van der Waals surface area contributed by atoms with Crippen LogP contribution in [0.5, 0.6) is 5.75 Å². The third-order valence-electron chi connectivity index (χ3n) is 4.56. The van der Waals surface area contributed by atoms with Crippen molar-refractivity contribution in [3.63, 3.8) is 0 Å². The minimum Gasteiger partial charge on any atom is -0.494 e. The van der Waals surface area contributed by atoms with Gasteiger partial charge in [0.15, 0.2) is 0 Å². The fourth-order valence-electron chi connectivity index (χ4n) is 3.12. The van der Waals surface area contributed by atoms with Gasteiger partial charge in [-0.3, -0.25) is 9.59 Å². The molecule has 0 bridgehead atoms. The van der Waals surface area contributed by atoms with E-state index < -0.39 is 0 Å². The Morgan fingerprint density at radius 3 is 2.37 bits per heavy atom. The van der Waals surface area contributed by atoms with Crippen molar-refractivity contribution in [1.29, 1.82) is 0 Å². The van der Waals surface area contributed by atoms with Crippen molar-refractivity contribution >= 4 is 23.2 Å². The number of para-hydroxylation sites is 1. The summed E-state index contributed by atoms with van der Waals surface area (Å²) < 4.78 is 5.63. The van der Waals surface area contributed by atoms with Gasteiger partial charge >= 0.3 is 0 Å². The Hall–Kier alpha value is -2.41. The van der Waals surface area contributed by atoms with E-state index in [4.69, 9.17) is 4.74 Å². The molecule has 0 aliphatic carbocycles. The molecule has 2 aromatic rings. The second kappa shape index (κ2) is 8.99. The van der Waals surface area contributed by atoms with E-state index >= 15 is 0 Å². The van der Waals surface area contributed by atoms with Crippen LogP contribution in [-0.4, -0.2) is 59.4 Å². The number of rotatable bonds is 6. The van der Waals surface area contributed by atoms with Gasteiger partial charge in [-0.2, -0.15) is 0 Å². The lowest BCUT2D eigenvalue weighted by Crippen LogP contribution is -2.50. The Balaban J connectivity index is 1.40. The number of aryl methyl sites for hydroxylation is 2. The highest BCUT2D eigenvalue weighted by Crippen LogP contribution is 2.20. The first-order valence-electron chi connectivity index (χ1n) is 9.23. The molecule has 6 nitrogen and oxygen atoms in total. The van der Waals surface area contributed by atoms with Gasteiger partial charge in [0.05, 0.1) is 17.3 Å². The Morgan fingerprint density at radius 1 is 1.07 bits per heavy atom. The zero-order valence-corrected chi connectivity index (χ0v) is 16.6. The smallest absolute Gasteiger partial charge is 0.265 e. The molecule has 2 amide bonds. The second-order valence-corrected chi connectivity index (χ2v) is 7.79. The number of hydrogen-bond donors (Lipinski definition) is 0. The Bertz CT molecular complexity index is 783. The van der Waals surface area contributed by atoms with Gasteiger partial charge in [0, 0.05) is 32.6 Å². The normalized spacial score (nSPS) is 14.3. The molecule has 2 heterocycles. The predicted octanol–water partition coefficient (Wildman–Crippen LogP) is 2.90. The number of hydrogen-bond acceptors (Lipinski definition) is 5. The number of carbonyl (C=O) groups excluding carboxylic acids is 2. The molecular formula is C20H25N3O3S. The molecule has 1 aromatic carbocycles. The lowest BCUT2D eigenvalue weighted by Gasteiger charge is -2.34.